The molecule has 0 atom stereocenters. The predicted octanol–water partition coefficient (Wildman–Crippen LogP) is 4.48. The van der Waals surface area contributed by atoms with Crippen LogP contribution in [0.25, 0.3) is 0 Å². The summed E-state index contributed by atoms with van der Waals surface area (Å²) in [6, 6.07) is 3.95. The molecule has 0 radical (unpaired) electrons. The van der Waals surface area contributed by atoms with E-state index in [1.807, 2.05) is 0 Å². The van der Waals surface area contributed by atoms with E-state index in [1.54, 1.807) is 25.7 Å². The number of piperidine rings is 1. The molecule has 0 bridgehead atoms. The van der Waals surface area contributed by atoms with E-state index in [0.717, 1.165) is 6.07 Å². The molecule has 7 heteroatoms. The van der Waals surface area contributed by atoms with Gasteiger partial charge < -0.3 is 15.4 Å². The summed E-state index contributed by atoms with van der Waals surface area (Å²) in [5, 5.41) is 0. The predicted molar refractivity (Wildman–Crippen MR) is 90.1 cm³/mol. The SMILES string of the molecule is CC(C)(C)OC(=O)N1CCC(Cc2ccc(N)cc2C(F)(F)F)CC1. The van der Waals surface area contributed by atoms with Gasteiger partial charge in [0.15, 0.2) is 0 Å². The molecule has 1 saturated heterocycles. The van der Waals surface area contributed by atoms with Crippen molar-refractivity contribution in [1.29, 1.82) is 0 Å². The highest BCUT2D eigenvalue weighted by molar-refractivity contribution is 5.68. The molecule has 140 valence electrons. The topological polar surface area (TPSA) is 55.6 Å². The number of carbonyl (C=O) groups is 1. The Hall–Kier alpha value is -1.92. The summed E-state index contributed by atoms with van der Waals surface area (Å²) in [5.74, 6) is 0.100. The molecule has 1 aliphatic rings. The van der Waals surface area contributed by atoms with Gasteiger partial charge in [0.2, 0.25) is 0 Å². The van der Waals surface area contributed by atoms with E-state index in [-0.39, 0.29) is 23.3 Å². The van der Waals surface area contributed by atoms with Crippen molar-refractivity contribution in [2.75, 3.05) is 18.8 Å². The van der Waals surface area contributed by atoms with Crippen LogP contribution in [0.3, 0.4) is 0 Å². The maximum absolute atomic E-state index is 13.2. The molecule has 1 aromatic carbocycles. The molecule has 1 amide bonds. The first-order valence-electron chi connectivity index (χ1n) is 8.39. The molecule has 0 unspecified atom stereocenters. The van der Waals surface area contributed by atoms with Crippen LogP contribution in [0.15, 0.2) is 18.2 Å². The molecule has 25 heavy (non-hydrogen) atoms. The number of amides is 1. The van der Waals surface area contributed by atoms with E-state index < -0.39 is 17.3 Å². The van der Waals surface area contributed by atoms with Crippen LogP contribution in [0.4, 0.5) is 23.7 Å². The Bertz CT molecular complexity index is 616. The second-order valence-electron chi connectivity index (χ2n) is 7.53. The monoisotopic (exact) mass is 358 g/mol. The van der Waals surface area contributed by atoms with Crippen LogP contribution in [-0.4, -0.2) is 29.7 Å². The van der Waals surface area contributed by atoms with E-state index in [2.05, 4.69) is 0 Å². The molecule has 1 heterocycles. The van der Waals surface area contributed by atoms with Crippen LogP contribution in [0, 0.1) is 5.92 Å². The number of halogens is 3. The van der Waals surface area contributed by atoms with Crippen LogP contribution in [0.1, 0.15) is 44.7 Å². The zero-order chi connectivity index (χ0) is 18.8. The smallest absolute Gasteiger partial charge is 0.416 e. The number of alkyl halides is 3. The molecule has 2 rings (SSSR count). The summed E-state index contributed by atoms with van der Waals surface area (Å²) >= 11 is 0. The number of ether oxygens (including phenoxy) is 1. The summed E-state index contributed by atoms with van der Waals surface area (Å²) in [5.41, 5.74) is 4.65. The lowest BCUT2D eigenvalue weighted by atomic mass is 9.88. The highest BCUT2D eigenvalue weighted by atomic mass is 19.4. The average Bonchev–Trinajstić information content (AvgIpc) is 2.47. The van der Waals surface area contributed by atoms with Gasteiger partial charge in [-0.15, -0.1) is 0 Å². The van der Waals surface area contributed by atoms with Crippen molar-refractivity contribution in [2.45, 2.75) is 51.8 Å². The Kier molecular flexibility index (Phi) is 5.54. The van der Waals surface area contributed by atoms with Gasteiger partial charge in [0.25, 0.3) is 0 Å². The number of likely N-dealkylation sites (tertiary alicyclic amines) is 1. The number of rotatable bonds is 2. The minimum absolute atomic E-state index is 0.100. The Labute approximate surface area is 146 Å². The third-order valence-corrected chi connectivity index (χ3v) is 4.21. The number of hydrogen-bond donors (Lipinski definition) is 1. The van der Waals surface area contributed by atoms with Crippen LogP contribution < -0.4 is 5.73 Å². The van der Waals surface area contributed by atoms with Crippen molar-refractivity contribution in [3.63, 3.8) is 0 Å². The van der Waals surface area contributed by atoms with Crippen molar-refractivity contribution in [2.24, 2.45) is 5.92 Å². The largest absolute Gasteiger partial charge is 0.444 e. The highest BCUT2D eigenvalue weighted by Crippen LogP contribution is 2.35. The second kappa shape index (κ2) is 7.14. The molecule has 0 aliphatic carbocycles. The molecular formula is C18H25F3N2O2. The van der Waals surface area contributed by atoms with Gasteiger partial charge in [0.05, 0.1) is 5.56 Å². The number of hydrogen-bond acceptors (Lipinski definition) is 3. The van der Waals surface area contributed by atoms with Gasteiger partial charge in [-0.05, 0) is 63.6 Å². The Morgan fingerprint density at radius 2 is 1.84 bits per heavy atom. The van der Waals surface area contributed by atoms with Crippen molar-refractivity contribution in [3.05, 3.63) is 29.3 Å². The Morgan fingerprint density at radius 1 is 1.24 bits per heavy atom. The van der Waals surface area contributed by atoms with Crippen LogP contribution in [-0.2, 0) is 17.3 Å². The fraction of sp³-hybridized carbons (Fsp3) is 0.611. The molecule has 0 spiro atoms. The molecule has 1 aliphatic heterocycles. The molecule has 2 N–H and O–H groups in total. The lowest BCUT2D eigenvalue weighted by Gasteiger charge is -2.33. The third-order valence-electron chi connectivity index (χ3n) is 4.21. The van der Waals surface area contributed by atoms with Gasteiger partial charge in [0, 0.05) is 18.8 Å². The molecule has 0 aromatic heterocycles. The summed E-state index contributed by atoms with van der Waals surface area (Å²) < 4.78 is 44.9. The van der Waals surface area contributed by atoms with E-state index in [1.165, 1.54) is 12.1 Å². The molecule has 1 aromatic rings. The maximum atomic E-state index is 13.2. The normalized spacial score (nSPS) is 16.8. The number of anilines is 1. The number of carbonyl (C=O) groups excluding carboxylic acids is 1. The molecule has 0 saturated carbocycles. The molecular weight excluding hydrogens is 333 g/mol. The Morgan fingerprint density at radius 3 is 2.36 bits per heavy atom. The summed E-state index contributed by atoms with van der Waals surface area (Å²) in [6.07, 6.45) is -3.14. The molecule has 1 fully saturated rings. The standard InChI is InChI=1S/C18H25F3N2O2/c1-17(2,3)25-16(24)23-8-6-12(7-9-23)10-13-4-5-14(22)11-15(13)18(19,20)21/h4-5,11-12H,6-10,22H2,1-3H3. The summed E-state index contributed by atoms with van der Waals surface area (Å²) in [7, 11) is 0. The number of benzene rings is 1. The van der Waals surface area contributed by atoms with E-state index in [0.29, 0.717) is 32.4 Å². The van der Waals surface area contributed by atoms with E-state index in [9.17, 15) is 18.0 Å². The molecule has 4 nitrogen and oxygen atoms in total. The zero-order valence-corrected chi connectivity index (χ0v) is 14.8. The summed E-state index contributed by atoms with van der Waals surface area (Å²) in [6.45, 7) is 6.40. The third kappa shape index (κ3) is 5.54. The summed E-state index contributed by atoms with van der Waals surface area (Å²) in [4.78, 5) is 13.7. The van der Waals surface area contributed by atoms with Crippen LogP contribution in [0.5, 0.6) is 0 Å². The van der Waals surface area contributed by atoms with Gasteiger partial charge in [-0.3, -0.25) is 0 Å². The second-order valence-corrected chi connectivity index (χ2v) is 7.53. The maximum Gasteiger partial charge on any atom is 0.416 e. The van der Waals surface area contributed by atoms with Crippen molar-refractivity contribution in [3.8, 4) is 0 Å². The number of nitrogens with two attached hydrogens (primary N) is 1. The van der Waals surface area contributed by atoms with E-state index in [4.69, 9.17) is 10.5 Å². The fourth-order valence-corrected chi connectivity index (χ4v) is 2.99. The first-order valence-corrected chi connectivity index (χ1v) is 8.39. The van der Waals surface area contributed by atoms with Gasteiger partial charge in [-0.25, -0.2) is 4.79 Å². The average molecular weight is 358 g/mol. The first kappa shape index (κ1) is 19.4. The first-order chi connectivity index (χ1) is 11.5. The van der Waals surface area contributed by atoms with Crippen molar-refractivity contribution in [1.82, 2.24) is 4.90 Å². The fourth-order valence-electron chi connectivity index (χ4n) is 2.99. The van der Waals surface area contributed by atoms with Crippen molar-refractivity contribution >= 4 is 11.8 Å². The number of nitrogens with zero attached hydrogens (tertiary/aromatic N) is 1. The van der Waals surface area contributed by atoms with E-state index >= 15 is 0 Å². The minimum atomic E-state index is -4.41. The van der Waals surface area contributed by atoms with Crippen LogP contribution in [0.2, 0.25) is 0 Å². The Balaban J connectivity index is 1.98. The van der Waals surface area contributed by atoms with Gasteiger partial charge in [-0.2, -0.15) is 13.2 Å². The minimum Gasteiger partial charge on any atom is -0.444 e. The number of nitrogen functional groups attached to an aromatic ring is 1. The lowest BCUT2D eigenvalue weighted by Crippen LogP contribution is -2.42. The zero-order valence-electron chi connectivity index (χ0n) is 14.8. The highest BCUT2D eigenvalue weighted by Gasteiger charge is 2.34. The lowest BCUT2D eigenvalue weighted by molar-refractivity contribution is -0.138. The van der Waals surface area contributed by atoms with Gasteiger partial charge in [-0.1, -0.05) is 6.07 Å². The van der Waals surface area contributed by atoms with Crippen molar-refractivity contribution < 1.29 is 22.7 Å². The van der Waals surface area contributed by atoms with Gasteiger partial charge in [0.1, 0.15) is 5.60 Å². The van der Waals surface area contributed by atoms with Gasteiger partial charge >= 0.3 is 12.3 Å². The quantitative estimate of drug-likeness (QED) is 0.793. The van der Waals surface area contributed by atoms with Crippen LogP contribution >= 0.6 is 0 Å².